The van der Waals surface area contributed by atoms with Gasteiger partial charge in [-0.1, -0.05) is 13.8 Å². The standard InChI is InChI=1S/C2HCl3O3.C2H6/c3-2(4,5)8-1(6)7;1-2/h(H,6,7);1-2H3. The monoisotopic (exact) mass is 208 g/mol. The number of rotatable bonds is 0. The maximum absolute atomic E-state index is 9.54. The zero-order valence-corrected chi connectivity index (χ0v) is 7.67. The third kappa shape index (κ3) is 15.7. The Labute approximate surface area is 73.8 Å². The smallest absolute Gasteiger partial charge is 0.450 e. The van der Waals surface area contributed by atoms with Crippen LogP contribution in [0, 0.1) is 0 Å². The van der Waals surface area contributed by atoms with E-state index in [0.29, 0.717) is 0 Å². The predicted molar refractivity (Wildman–Crippen MR) is 40.7 cm³/mol. The first kappa shape index (κ1) is 12.8. The Balaban J connectivity index is 0. The van der Waals surface area contributed by atoms with Gasteiger partial charge in [-0.2, -0.15) is 0 Å². The van der Waals surface area contributed by atoms with E-state index >= 15 is 0 Å². The summed E-state index contributed by atoms with van der Waals surface area (Å²) in [5, 5.41) is 7.77. The minimum absolute atomic E-state index is 1.62. The van der Waals surface area contributed by atoms with Crippen LogP contribution in [0.15, 0.2) is 0 Å². The number of carboxylic acid groups (broad SMARTS) is 1. The first-order valence-electron chi connectivity index (χ1n) is 2.40. The van der Waals surface area contributed by atoms with E-state index in [-0.39, 0.29) is 0 Å². The second-order valence-electron chi connectivity index (χ2n) is 0.814. The van der Waals surface area contributed by atoms with Gasteiger partial charge in [-0.15, -0.1) is 0 Å². The van der Waals surface area contributed by atoms with Crippen molar-refractivity contribution in [3.05, 3.63) is 0 Å². The van der Waals surface area contributed by atoms with Crippen LogP contribution in [0.1, 0.15) is 13.8 Å². The van der Waals surface area contributed by atoms with Crippen LogP contribution in [0.3, 0.4) is 0 Å². The first-order chi connectivity index (χ1) is 4.42. The fraction of sp³-hybridized carbons (Fsp3) is 0.750. The third-order valence-electron chi connectivity index (χ3n) is 0.203. The van der Waals surface area contributed by atoms with Crippen LogP contribution in [0.5, 0.6) is 0 Å². The number of hydrogen-bond donors (Lipinski definition) is 1. The largest absolute Gasteiger partial charge is 0.509 e. The summed E-state index contributed by atoms with van der Waals surface area (Å²) in [4.78, 5) is 9.54. The molecule has 0 spiro atoms. The zero-order valence-electron chi connectivity index (χ0n) is 5.40. The van der Waals surface area contributed by atoms with Crippen molar-refractivity contribution in [2.75, 3.05) is 0 Å². The van der Waals surface area contributed by atoms with Gasteiger partial charge in [0.25, 0.3) is 0 Å². The molecule has 0 amide bonds. The molecule has 0 bridgehead atoms. The summed E-state index contributed by atoms with van der Waals surface area (Å²) in [6.45, 7) is 4.00. The average Bonchev–Trinajstić information content (AvgIpc) is 1.64. The van der Waals surface area contributed by atoms with Crippen molar-refractivity contribution in [3.8, 4) is 0 Å². The summed E-state index contributed by atoms with van der Waals surface area (Å²) >= 11 is 14.6. The van der Waals surface area contributed by atoms with Crippen LogP contribution in [0.4, 0.5) is 4.79 Å². The Kier molecular flexibility index (Phi) is 7.53. The minimum Gasteiger partial charge on any atom is -0.450 e. The topological polar surface area (TPSA) is 46.5 Å². The molecule has 0 heterocycles. The third-order valence-corrected chi connectivity index (χ3v) is 0.434. The van der Waals surface area contributed by atoms with E-state index in [1.165, 1.54) is 0 Å². The fourth-order valence-electron chi connectivity index (χ4n) is 0.0990. The van der Waals surface area contributed by atoms with Gasteiger partial charge in [0.1, 0.15) is 0 Å². The number of halogens is 3. The molecule has 0 aromatic carbocycles. The van der Waals surface area contributed by atoms with E-state index in [9.17, 15) is 4.79 Å². The van der Waals surface area contributed by atoms with Gasteiger partial charge in [0.05, 0.1) is 0 Å². The average molecular weight is 209 g/mol. The Hall–Kier alpha value is 0.140. The molecule has 0 aromatic rings. The lowest BCUT2D eigenvalue weighted by atomic mass is 11.0. The molecule has 62 valence electrons. The van der Waals surface area contributed by atoms with Crippen molar-refractivity contribution in [2.24, 2.45) is 0 Å². The van der Waals surface area contributed by atoms with Crippen LogP contribution in [0.2, 0.25) is 0 Å². The maximum atomic E-state index is 9.54. The minimum atomic E-state index is -2.16. The Morgan fingerprint density at radius 1 is 1.40 bits per heavy atom. The lowest BCUT2D eigenvalue weighted by Gasteiger charge is -2.06. The molecule has 0 radical (unpaired) electrons. The van der Waals surface area contributed by atoms with Gasteiger partial charge in [-0.3, -0.25) is 0 Å². The van der Waals surface area contributed by atoms with E-state index in [2.05, 4.69) is 4.74 Å². The zero-order chi connectivity index (χ0) is 8.78. The lowest BCUT2D eigenvalue weighted by Crippen LogP contribution is -2.13. The molecule has 0 aliphatic rings. The van der Waals surface area contributed by atoms with Gasteiger partial charge in [0.2, 0.25) is 0 Å². The van der Waals surface area contributed by atoms with Crippen molar-refractivity contribution in [1.82, 2.24) is 0 Å². The molecule has 0 unspecified atom stereocenters. The summed E-state index contributed by atoms with van der Waals surface area (Å²) in [6.07, 6.45) is -1.62. The van der Waals surface area contributed by atoms with E-state index in [0.717, 1.165) is 0 Å². The first-order valence-corrected chi connectivity index (χ1v) is 3.54. The summed E-state index contributed by atoms with van der Waals surface area (Å²) < 4.78 is 1.49. The maximum Gasteiger partial charge on any atom is 0.509 e. The van der Waals surface area contributed by atoms with Crippen LogP contribution in [-0.4, -0.2) is 15.2 Å². The van der Waals surface area contributed by atoms with Crippen molar-refractivity contribution in [3.63, 3.8) is 0 Å². The van der Waals surface area contributed by atoms with E-state index < -0.39 is 10.1 Å². The highest BCUT2D eigenvalue weighted by molar-refractivity contribution is 6.66. The quantitative estimate of drug-likeness (QED) is 0.493. The van der Waals surface area contributed by atoms with Crippen molar-refractivity contribution < 1.29 is 14.6 Å². The van der Waals surface area contributed by atoms with Crippen LogP contribution in [-0.2, 0) is 4.74 Å². The molecule has 1 N–H and O–H groups in total. The Morgan fingerprint density at radius 2 is 1.70 bits per heavy atom. The van der Waals surface area contributed by atoms with Crippen LogP contribution >= 0.6 is 34.8 Å². The fourth-order valence-corrected chi connectivity index (χ4v) is 0.297. The van der Waals surface area contributed by atoms with Crippen molar-refractivity contribution in [1.29, 1.82) is 0 Å². The van der Waals surface area contributed by atoms with E-state index in [4.69, 9.17) is 39.9 Å². The van der Waals surface area contributed by atoms with Crippen molar-refractivity contribution >= 4 is 41.0 Å². The Morgan fingerprint density at radius 3 is 1.70 bits per heavy atom. The molecule has 0 fully saturated rings. The molecule has 0 aliphatic heterocycles. The summed E-state index contributed by atoms with van der Waals surface area (Å²) in [6, 6.07) is 0. The molecular weight excluding hydrogens is 202 g/mol. The molecule has 0 aromatic heterocycles. The number of alkyl halides is 3. The second kappa shape index (κ2) is 5.89. The molecule has 10 heavy (non-hydrogen) atoms. The van der Waals surface area contributed by atoms with Crippen LogP contribution in [0.25, 0.3) is 0 Å². The molecular formula is C4H7Cl3O3. The summed E-state index contributed by atoms with van der Waals surface area (Å²) in [5.74, 6) is 0. The number of carbonyl (C=O) groups is 1. The van der Waals surface area contributed by atoms with Gasteiger partial charge < -0.3 is 9.84 Å². The van der Waals surface area contributed by atoms with Gasteiger partial charge in [-0.25, -0.2) is 4.79 Å². The van der Waals surface area contributed by atoms with Crippen LogP contribution < -0.4 is 0 Å². The molecule has 0 saturated carbocycles. The predicted octanol–water partition coefficient (Wildman–Crippen LogP) is 3.03. The highest BCUT2D eigenvalue weighted by Gasteiger charge is 2.24. The highest BCUT2D eigenvalue weighted by Crippen LogP contribution is 2.26. The number of ether oxygens (including phenoxy) is 1. The molecule has 0 rings (SSSR count). The molecule has 0 aliphatic carbocycles. The van der Waals surface area contributed by atoms with E-state index in [1.807, 2.05) is 13.8 Å². The van der Waals surface area contributed by atoms with Gasteiger partial charge in [0, 0.05) is 0 Å². The van der Waals surface area contributed by atoms with Crippen molar-refractivity contribution in [2.45, 2.75) is 17.8 Å². The van der Waals surface area contributed by atoms with Gasteiger partial charge in [0.15, 0.2) is 0 Å². The normalized spacial score (nSPS) is 9.30. The SMILES string of the molecule is CC.O=C(O)OC(Cl)(Cl)Cl. The highest BCUT2D eigenvalue weighted by atomic mass is 35.6. The Bertz CT molecular complexity index is 98.4. The molecule has 0 atom stereocenters. The summed E-state index contributed by atoms with van der Waals surface area (Å²) in [5.41, 5.74) is 0. The van der Waals surface area contributed by atoms with Gasteiger partial charge in [-0.05, 0) is 34.8 Å². The lowest BCUT2D eigenvalue weighted by molar-refractivity contribution is 0.0893. The summed E-state index contributed by atoms with van der Waals surface area (Å²) in [7, 11) is 0. The van der Waals surface area contributed by atoms with Gasteiger partial charge >= 0.3 is 10.1 Å². The second-order valence-corrected chi connectivity index (χ2v) is 2.99. The van der Waals surface area contributed by atoms with E-state index in [1.54, 1.807) is 0 Å². The number of hydrogen-bond acceptors (Lipinski definition) is 2. The molecule has 0 saturated heterocycles. The molecule has 3 nitrogen and oxygen atoms in total. The molecule has 6 heteroatoms.